The van der Waals surface area contributed by atoms with Gasteiger partial charge in [0, 0.05) is 13.5 Å². The molecule has 2 rings (SSSR count). The summed E-state index contributed by atoms with van der Waals surface area (Å²) in [7, 11) is 1.62. The van der Waals surface area contributed by atoms with Gasteiger partial charge in [0.15, 0.2) is 6.29 Å². The van der Waals surface area contributed by atoms with Gasteiger partial charge in [-0.15, -0.1) is 0 Å². The van der Waals surface area contributed by atoms with Crippen LogP contribution in [0.4, 0.5) is 0 Å². The summed E-state index contributed by atoms with van der Waals surface area (Å²) in [6.45, 7) is 2.26. The molecule has 4 heteroatoms. The summed E-state index contributed by atoms with van der Waals surface area (Å²) >= 11 is 0. The van der Waals surface area contributed by atoms with Crippen LogP contribution in [0.5, 0.6) is 0 Å². The van der Waals surface area contributed by atoms with Gasteiger partial charge >= 0.3 is 5.97 Å². The summed E-state index contributed by atoms with van der Waals surface area (Å²) in [6.07, 6.45) is 1.50. The number of aryl methyl sites for hydroxylation is 1. The van der Waals surface area contributed by atoms with Gasteiger partial charge in [-0.2, -0.15) is 0 Å². The predicted octanol–water partition coefficient (Wildman–Crippen LogP) is 2.30. The second-order valence-electron chi connectivity index (χ2n) is 4.47. The van der Waals surface area contributed by atoms with Crippen LogP contribution in [0.3, 0.4) is 0 Å². The van der Waals surface area contributed by atoms with Gasteiger partial charge in [0.2, 0.25) is 0 Å². The molecule has 98 valence electrons. The van der Waals surface area contributed by atoms with Crippen molar-refractivity contribution in [3.05, 3.63) is 35.4 Å². The normalized spacial score (nSPS) is 23.0. The van der Waals surface area contributed by atoms with Crippen LogP contribution in [0.15, 0.2) is 24.3 Å². The molecule has 0 aliphatic carbocycles. The van der Waals surface area contributed by atoms with E-state index in [-0.39, 0.29) is 25.0 Å². The van der Waals surface area contributed by atoms with Crippen molar-refractivity contribution in [1.82, 2.24) is 0 Å². The number of hydrogen-bond acceptors (Lipinski definition) is 4. The van der Waals surface area contributed by atoms with Crippen LogP contribution in [-0.2, 0) is 14.2 Å². The first-order valence-electron chi connectivity index (χ1n) is 6.11. The molecule has 0 saturated carbocycles. The lowest BCUT2D eigenvalue weighted by Gasteiger charge is -2.12. The maximum atomic E-state index is 11.8. The third-order valence-corrected chi connectivity index (χ3v) is 3.02. The molecule has 0 radical (unpaired) electrons. The highest BCUT2D eigenvalue weighted by molar-refractivity contribution is 5.89. The van der Waals surface area contributed by atoms with Crippen molar-refractivity contribution >= 4 is 5.97 Å². The van der Waals surface area contributed by atoms with Crippen molar-refractivity contribution in [2.24, 2.45) is 0 Å². The highest BCUT2D eigenvalue weighted by Gasteiger charge is 2.26. The smallest absolute Gasteiger partial charge is 0.338 e. The molecule has 1 heterocycles. The summed E-state index contributed by atoms with van der Waals surface area (Å²) in [6, 6.07) is 7.32. The largest absolute Gasteiger partial charge is 0.459 e. The van der Waals surface area contributed by atoms with E-state index in [1.54, 1.807) is 19.2 Å². The molecular weight excluding hydrogens is 232 g/mol. The van der Waals surface area contributed by atoms with E-state index < -0.39 is 0 Å². The highest BCUT2D eigenvalue weighted by atomic mass is 16.7. The number of carbonyl (C=O) groups excluding carboxylic acids is 1. The topological polar surface area (TPSA) is 44.8 Å². The van der Waals surface area contributed by atoms with Crippen molar-refractivity contribution in [3.8, 4) is 0 Å². The number of methoxy groups -OCH3 is 1. The fourth-order valence-corrected chi connectivity index (χ4v) is 1.91. The van der Waals surface area contributed by atoms with Crippen LogP contribution >= 0.6 is 0 Å². The third-order valence-electron chi connectivity index (χ3n) is 3.02. The first-order valence-corrected chi connectivity index (χ1v) is 6.11. The summed E-state index contributed by atoms with van der Waals surface area (Å²) in [5.41, 5.74) is 1.69. The zero-order valence-corrected chi connectivity index (χ0v) is 10.7. The molecule has 2 atom stereocenters. The van der Waals surface area contributed by atoms with Crippen molar-refractivity contribution in [2.45, 2.75) is 32.2 Å². The molecule has 0 unspecified atom stereocenters. The Balaban J connectivity index is 1.80. The van der Waals surface area contributed by atoms with E-state index in [0.29, 0.717) is 5.56 Å². The molecule has 1 aromatic carbocycles. The maximum Gasteiger partial charge on any atom is 0.338 e. The Morgan fingerprint density at radius 3 is 2.67 bits per heavy atom. The van der Waals surface area contributed by atoms with Crippen LogP contribution in [0.1, 0.15) is 28.8 Å². The van der Waals surface area contributed by atoms with Gasteiger partial charge in [0.25, 0.3) is 0 Å². The quantitative estimate of drug-likeness (QED) is 0.769. The number of esters is 1. The molecule has 0 N–H and O–H groups in total. The Morgan fingerprint density at radius 1 is 1.33 bits per heavy atom. The number of ether oxygens (including phenoxy) is 3. The van der Waals surface area contributed by atoms with E-state index in [1.807, 2.05) is 19.1 Å². The molecule has 0 aromatic heterocycles. The summed E-state index contributed by atoms with van der Waals surface area (Å²) in [4.78, 5) is 11.8. The number of rotatable bonds is 4. The van der Waals surface area contributed by atoms with Gasteiger partial charge < -0.3 is 14.2 Å². The lowest BCUT2D eigenvalue weighted by Crippen LogP contribution is -2.20. The molecular formula is C14H18O4. The van der Waals surface area contributed by atoms with Gasteiger partial charge in [-0.3, -0.25) is 0 Å². The number of hydrogen-bond donors (Lipinski definition) is 0. The van der Waals surface area contributed by atoms with E-state index in [4.69, 9.17) is 14.2 Å². The monoisotopic (exact) mass is 250 g/mol. The van der Waals surface area contributed by atoms with Crippen LogP contribution in [-0.4, -0.2) is 32.1 Å². The van der Waals surface area contributed by atoms with Gasteiger partial charge in [0.1, 0.15) is 6.61 Å². The Labute approximate surface area is 107 Å². The summed E-state index contributed by atoms with van der Waals surface area (Å²) in [5, 5.41) is 0. The minimum atomic E-state index is -0.306. The molecule has 0 bridgehead atoms. The standard InChI is InChI=1S/C14H18O4/c1-10-3-5-11(6-4-10)14(15)17-9-12-7-8-13(16-2)18-12/h3-6,12-13H,7-9H2,1-2H3/t12-,13+/m0/s1. The Morgan fingerprint density at radius 2 is 2.06 bits per heavy atom. The third kappa shape index (κ3) is 3.31. The first kappa shape index (κ1) is 13.1. The predicted molar refractivity (Wildman–Crippen MR) is 66.4 cm³/mol. The molecule has 1 aliphatic rings. The Bertz CT molecular complexity index is 399. The number of carbonyl (C=O) groups is 1. The van der Waals surface area contributed by atoms with Crippen LogP contribution in [0.25, 0.3) is 0 Å². The molecule has 18 heavy (non-hydrogen) atoms. The molecule has 1 fully saturated rings. The van der Waals surface area contributed by atoms with Crippen LogP contribution < -0.4 is 0 Å². The fraction of sp³-hybridized carbons (Fsp3) is 0.500. The van der Waals surface area contributed by atoms with Crippen LogP contribution in [0.2, 0.25) is 0 Å². The van der Waals surface area contributed by atoms with E-state index in [0.717, 1.165) is 18.4 Å². The average molecular weight is 250 g/mol. The number of benzene rings is 1. The summed E-state index contributed by atoms with van der Waals surface area (Å²) in [5.74, 6) is -0.306. The summed E-state index contributed by atoms with van der Waals surface area (Å²) < 4.78 is 15.8. The molecule has 1 aliphatic heterocycles. The van der Waals surface area contributed by atoms with Crippen molar-refractivity contribution in [3.63, 3.8) is 0 Å². The van der Waals surface area contributed by atoms with Gasteiger partial charge in [0.05, 0.1) is 11.7 Å². The lowest BCUT2D eigenvalue weighted by molar-refractivity contribution is -0.123. The zero-order valence-electron chi connectivity index (χ0n) is 10.7. The molecule has 4 nitrogen and oxygen atoms in total. The van der Waals surface area contributed by atoms with Crippen molar-refractivity contribution < 1.29 is 19.0 Å². The van der Waals surface area contributed by atoms with E-state index in [9.17, 15) is 4.79 Å². The second-order valence-corrected chi connectivity index (χ2v) is 4.47. The van der Waals surface area contributed by atoms with E-state index in [1.165, 1.54) is 0 Å². The van der Waals surface area contributed by atoms with Gasteiger partial charge in [-0.25, -0.2) is 4.79 Å². The van der Waals surface area contributed by atoms with E-state index >= 15 is 0 Å². The first-order chi connectivity index (χ1) is 8.69. The SMILES string of the molecule is CO[C@H]1CC[C@@H](COC(=O)c2ccc(C)cc2)O1. The highest BCUT2D eigenvalue weighted by Crippen LogP contribution is 2.20. The Kier molecular flexibility index (Phi) is 4.33. The Hall–Kier alpha value is -1.39. The van der Waals surface area contributed by atoms with E-state index in [2.05, 4.69) is 0 Å². The zero-order chi connectivity index (χ0) is 13.0. The van der Waals surface area contributed by atoms with Gasteiger partial charge in [-0.1, -0.05) is 17.7 Å². The average Bonchev–Trinajstić information content (AvgIpc) is 2.85. The molecule has 1 aromatic rings. The molecule has 0 spiro atoms. The minimum absolute atomic E-state index is 0.0515. The van der Waals surface area contributed by atoms with Crippen LogP contribution in [0, 0.1) is 6.92 Å². The second kappa shape index (κ2) is 5.98. The van der Waals surface area contributed by atoms with Crippen molar-refractivity contribution in [1.29, 1.82) is 0 Å². The fourth-order valence-electron chi connectivity index (χ4n) is 1.91. The molecule has 1 saturated heterocycles. The molecule has 0 amide bonds. The van der Waals surface area contributed by atoms with Crippen molar-refractivity contribution in [2.75, 3.05) is 13.7 Å². The minimum Gasteiger partial charge on any atom is -0.459 e. The lowest BCUT2D eigenvalue weighted by atomic mass is 10.1. The maximum absolute atomic E-state index is 11.8. The van der Waals surface area contributed by atoms with Gasteiger partial charge in [-0.05, 0) is 25.5 Å².